The number of carbonyl (C=O) groups excluding carboxylic acids is 1. The summed E-state index contributed by atoms with van der Waals surface area (Å²) in [6, 6.07) is 8.58. The van der Waals surface area contributed by atoms with Gasteiger partial charge in [-0.15, -0.1) is 0 Å². The third kappa shape index (κ3) is 4.55. The number of carboxylic acid groups (broad SMARTS) is 1. The molecule has 0 atom stereocenters. The molecule has 0 spiro atoms. The first-order chi connectivity index (χ1) is 13.1. The first-order valence-corrected chi connectivity index (χ1v) is 8.82. The Morgan fingerprint density at radius 2 is 1.86 bits per heavy atom. The maximum atomic E-state index is 12.8. The molecule has 0 unspecified atom stereocenters. The lowest BCUT2D eigenvalue weighted by Gasteiger charge is -2.08. The van der Waals surface area contributed by atoms with Crippen molar-refractivity contribution in [2.45, 2.75) is 6.18 Å². The fraction of sp³-hybridized carbons (Fsp3) is 0.0556. The zero-order valence-electron chi connectivity index (χ0n) is 13.7. The molecule has 0 saturated carbocycles. The monoisotopic (exact) mass is 426 g/mol. The van der Waals surface area contributed by atoms with E-state index in [0.717, 1.165) is 30.0 Å². The predicted molar refractivity (Wildman–Crippen MR) is 101 cm³/mol. The van der Waals surface area contributed by atoms with Crippen LogP contribution in [0.25, 0.3) is 6.08 Å². The van der Waals surface area contributed by atoms with Gasteiger partial charge in [0, 0.05) is 0 Å². The van der Waals surface area contributed by atoms with Crippen molar-refractivity contribution in [2.24, 2.45) is 4.99 Å². The first kappa shape index (κ1) is 20.0. The van der Waals surface area contributed by atoms with Crippen LogP contribution in [0.4, 0.5) is 18.9 Å². The van der Waals surface area contributed by atoms with Gasteiger partial charge in [0.25, 0.3) is 5.91 Å². The van der Waals surface area contributed by atoms with Crippen LogP contribution in [-0.2, 0) is 11.0 Å². The number of aromatic carboxylic acids is 1. The Kier molecular flexibility index (Phi) is 5.48. The molecule has 10 heteroatoms. The van der Waals surface area contributed by atoms with Crippen LogP contribution in [0, 0.1) is 0 Å². The summed E-state index contributed by atoms with van der Waals surface area (Å²) in [5.74, 6) is -1.55. The van der Waals surface area contributed by atoms with Gasteiger partial charge in [-0.1, -0.05) is 23.7 Å². The predicted octanol–water partition coefficient (Wildman–Crippen LogP) is 4.95. The van der Waals surface area contributed by atoms with E-state index in [2.05, 4.69) is 10.3 Å². The normalized spacial score (nSPS) is 17.2. The van der Waals surface area contributed by atoms with Crippen molar-refractivity contribution in [1.29, 1.82) is 0 Å². The van der Waals surface area contributed by atoms with Crippen LogP contribution in [0.1, 0.15) is 21.5 Å². The number of hydrogen-bond acceptors (Lipinski definition) is 4. The van der Waals surface area contributed by atoms with E-state index in [0.29, 0.717) is 5.56 Å². The highest BCUT2D eigenvalue weighted by Gasteiger charge is 2.31. The van der Waals surface area contributed by atoms with Gasteiger partial charge in [0.1, 0.15) is 0 Å². The Balaban J connectivity index is 1.85. The van der Waals surface area contributed by atoms with Crippen molar-refractivity contribution in [2.75, 3.05) is 0 Å². The highest BCUT2D eigenvalue weighted by atomic mass is 35.5. The molecule has 2 aromatic rings. The van der Waals surface area contributed by atoms with Crippen molar-refractivity contribution in [1.82, 2.24) is 5.32 Å². The summed E-state index contributed by atoms with van der Waals surface area (Å²) in [6.45, 7) is 0. The fourth-order valence-electron chi connectivity index (χ4n) is 2.24. The van der Waals surface area contributed by atoms with Crippen molar-refractivity contribution >= 4 is 52.2 Å². The minimum atomic E-state index is -4.54. The molecule has 3 rings (SSSR count). The summed E-state index contributed by atoms with van der Waals surface area (Å²) in [5.41, 5.74) is -0.334. The van der Waals surface area contributed by atoms with Gasteiger partial charge in [-0.3, -0.25) is 4.79 Å². The Bertz CT molecular complexity index is 1020. The summed E-state index contributed by atoms with van der Waals surface area (Å²) in [5, 5.41) is 11.4. The number of nitrogens with zero attached hydrogens (tertiary/aromatic N) is 1. The standard InChI is InChI=1S/C18H10ClF3N2O3S/c19-12-6-5-11(18(20,21)22)8-13(12)23-17-24-15(25)14(28-17)7-9-1-3-10(4-2-9)16(26)27/h1-8H,(H,26,27)(H,23,24,25). The second kappa shape index (κ2) is 7.69. The highest BCUT2D eigenvalue weighted by molar-refractivity contribution is 8.18. The SMILES string of the molecule is O=C1NC(=Nc2cc(C(F)(F)F)ccc2Cl)SC1=Cc1ccc(C(=O)O)cc1. The fourth-order valence-corrected chi connectivity index (χ4v) is 3.23. The van der Waals surface area contributed by atoms with Crippen LogP contribution < -0.4 is 5.32 Å². The highest BCUT2D eigenvalue weighted by Crippen LogP contribution is 2.36. The van der Waals surface area contributed by atoms with E-state index in [1.165, 1.54) is 30.3 Å². The van der Waals surface area contributed by atoms with Crippen molar-refractivity contribution in [3.8, 4) is 0 Å². The molecule has 1 amide bonds. The zero-order chi connectivity index (χ0) is 20.5. The first-order valence-electron chi connectivity index (χ1n) is 7.63. The zero-order valence-corrected chi connectivity index (χ0v) is 15.3. The topological polar surface area (TPSA) is 78.8 Å². The van der Waals surface area contributed by atoms with Gasteiger partial charge >= 0.3 is 12.1 Å². The lowest BCUT2D eigenvalue weighted by Crippen LogP contribution is -2.19. The van der Waals surface area contributed by atoms with Gasteiger partial charge in [0.05, 0.1) is 26.7 Å². The number of nitrogens with one attached hydrogen (secondary N) is 1. The summed E-state index contributed by atoms with van der Waals surface area (Å²) in [7, 11) is 0. The third-order valence-electron chi connectivity index (χ3n) is 3.60. The molecule has 0 aliphatic carbocycles. The second-order valence-corrected chi connectivity index (χ2v) is 7.01. The third-order valence-corrected chi connectivity index (χ3v) is 4.83. The number of amides is 1. The van der Waals surface area contributed by atoms with Crippen molar-refractivity contribution in [3.63, 3.8) is 0 Å². The summed E-state index contributed by atoms with van der Waals surface area (Å²) in [6.07, 6.45) is -3.03. The number of carbonyl (C=O) groups is 2. The van der Waals surface area contributed by atoms with Crippen LogP contribution in [-0.4, -0.2) is 22.2 Å². The lowest BCUT2D eigenvalue weighted by molar-refractivity contribution is -0.137. The maximum absolute atomic E-state index is 12.8. The van der Waals surface area contributed by atoms with Gasteiger partial charge in [-0.05, 0) is 53.7 Å². The van der Waals surface area contributed by atoms with Gasteiger partial charge in [0.2, 0.25) is 0 Å². The minimum Gasteiger partial charge on any atom is -0.478 e. The van der Waals surface area contributed by atoms with Gasteiger partial charge in [-0.2, -0.15) is 13.2 Å². The van der Waals surface area contributed by atoms with E-state index in [9.17, 15) is 22.8 Å². The summed E-state index contributed by atoms with van der Waals surface area (Å²) >= 11 is 6.84. The molecule has 1 saturated heterocycles. The molecule has 144 valence electrons. The van der Waals surface area contributed by atoms with Crippen LogP contribution in [0.2, 0.25) is 5.02 Å². The van der Waals surface area contributed by atoms with Gasteiger partial charge in [-0.25, -0.2) is 9.79 Å². The Labute approximate surface area is 165 Å². The molecule has 0 aromatic heterocycles. The summed E-state index contributed by atoms with van der Waals surface area (Å²) < 4.78 is 38.5. The molecule has 1 aliphatic rings. The van der Waals surface area contributed by atoms with Gasteiger partial charge < -0.3 is 10.4 Å². The van der Waals surface area contributed by atoms with Crippen molar-refractivity contribution < 1.29 is 27.9 Å². The van der Waals surface area contributed by atoms with E-state index in [1.54, 1.807) is 0 Å². The second-order valence-electron chi connectivity index (χ2n) is 5.57. The van der Waals surface area contributed by atoms with E-state index in [4.69, 9.17) is 16.7 Å². The molecule has 0 radical (unpaired) electrons. The van der Waals surface area contributed by atoms with Crippen LogP contribution in [0.15, 0.2) is 52.4 Å². The molecule has 1 heterocycles. The molecule has 1 aliphatic heterocycles. The van der Waals surface area contributed by atoms with E-state index in [-0.39, 0.29) is 26.3 Å². The van der Waals surface area contributed by atoms with Crippen LogP contribution >= 0.6 is 23.4 Å². The molecular weight excluding hydrogens is 417 g/mol. The lowest BCUT2D eigenvalue weighted by atomic mass is 10.1. The Hall–Kier alpha value is -2.78. The number of carboxylic acids is 1. The van der Waals surface area contributed by atoms with Crippen LogP contribution in [0.3, 0.4) is 0 Å². The molecular formula is C18H10ClF3N2O3S. The number of aliphatic imine (C=N–C) groups is 1. The molecule has 0 bridgehead atoms. The maximum Gasteiger partial charge on any atom is 0.416 e. The molecule has 1 fully saturated rings. The average Bonchev–Trinajstić information content (AvgIpc) is 2.95. The number of hydrogen-bond donors (Lipinski definition) is 2. The largest absolute Gasteiger partial charge is 0.478 e. The molecule has 2 aromatic carbocycles. The number of thioether (sulfide) groups is 1. The van der Waals surface area contributed by atoms with E-state index < -0.39 is 23.6 Å². The number of alkyl halides is 3. The Morgan fingerprint density at radius 3 is 2.46 bits per heavy atom. The van der Waals surface area contributed by atoms with E-state index in [1.807, 2.05) is 0 Å². The number of halogens is 4. The Morgan fingerprint density at radius 1 is 1.18 bits per heavy atom. The number of rotatable bonds is 3. The molecule has 5 nitrogen and oxygen atoms in total. The van der Waals surface area contributed by atoms with Crippen molar-refractivity contribution in [3.05, 3.63) is 69.1 Å². The molecule has 2 N–H and O–H groups in total. The quantitative estimate of drug-likeness (QED) is 0.681. The van der Waals surface area contributed by atoms with E-state index >= 15 is 0 Å². The van der Waals surface area contributed by atoms with Gasteiger partial charge in [0.15, 0.2) is 5.17 Å². The average molecular weight is 427 g/mol. The minimum absolute atomic E-state index is 0.0111. The molecule has 28 heavy (non-hydrogen) atoms. The number of amidine groups is 1. The smallest absolute Gasteiger partial charge is 0.416 e. The number of benzene rings is 2. The van der Waals surface area contributed by atoms with Crippen LogP contribution in [0.5, 0.6) is 0 Å². The summed E-state index contributed by atoms with van der Waals surface area (Å²) in [4.78, 5) is 27.2.